The van der Waals surface area contributed by atoms with Gasteiger partial charge in [0.2, 0.25) is 11.8 Å². The minimum atomic E-state index is -0.855. The number of urea groups is 2. The van der Waals surface area contributed by atoms with Gasteiger partial charge >= 0.3 is 12.1 Å². The molecule has 2 aliphatic heterocycles. The number of imide groups is 1. The first-order valence-electron chi connectivity index (χ1n) is 13.8. The average molecular weight is 580 g/mol. The predicted molar refractivity (Wildman–Crippen MR) is 150 cm³/mol. The molecule has 2 fully saturated rings. The van der Waals surface area contributed by atoms with Gasteiger partial charge < -0.3 is 19.9 Å². The second-order valence-corrected chi connectivity index (χ2v) is 10.2. The largest absolute Gasteiger partial charge is 0.436 e. The first-order valence-corrected chi connectivity index (χ1v) is 13.8. The molecular weight excluding hydrogens is 548 g/mol. The zero-order valence-corrected chi connectivity index (χ0v) is 22.8. The van der Waals surface area contributed by atoms with Crippen molar-refractivity contribution in [3.8, 4) is 11.6 Å². The number of piperidine rings is 1. The number of benzene rings is 2. The number of hydrogen-bond donors (Lipinski definition) is 3. The van der Waals surface area contributed by atoms with Crippen molar-refractivity contribution in [2.24, 2.45) is 0 Å². The molecule has 3 heterocycles. The van der Waals surface area contributed by atoms with Gasteiger partial charge in [0.25, 0.3) is 0 Å². The zero-order valence-electron chi connectivity index (χ0n) is 22.8. The molecule has 0 saturated carbocycles. The summed E-state index contributed by atoms with van der Waals surface area (Å²) in [5.41, 5.74) is 0.607. The molecule has 0 spiro atoms. The molecule has 0 atom stereocenters. The van der Waals surface area contributed by atoms with Crippen LogP contribution >= 0.6 is 0 Å². The second kappa shape index (κ2) is 13.3. The number of anilines is 2. The molecule has 0 unspecified atom stereocenters. The molecule has 0 aliphatic carbocycles. The maximum atomic E-state index is 14.7. The van der Waals surface area contributed by atoms with Crippen molar-refractivity contribution in [3.05, 3.63) is 72.1 Å². The summed E-state index contributed by atoms with van der Waals surface area (Å²) in [7, 11) is 0. The third kappa shape index (κ3) is 7.75. The number of hydrogen-bond acceptors (Lipinski definition) is 7. The molecule has 0 radical (unpaired) electrons. The van der Waals surface area contributed by atoms with E-state index in [1.54, 1.807) is 4.90 Å². The molecular formula is C29H31F2N7O4. The number of likely N-dealkylation sites (tertiary alicyclic amines) is 2. The summed E-state index contributed by atoms with van der Waals surface area (Å²) in [6.45, 7) is 3.59. The Bertz CT molecular complexity index is 1430. The van der Waals surface area contributed by atoms with Crippen LogP contribution in [0.3, 0.4) is 0 Å². The van der Waals surface area contributed by atoms with Crippen molar-refractivity contribution in [1.82, 2.24) is 25.1 Å². The van der Waals surface area contributed by atoms with E-state index in [9.17, 15) is 23.2 Å². The zero-order chi connectivity index (χ0) is 29.5. The Hall–Kier alpha value is -4.65. The van der Waals surface area contributed by atoms with E-state index in [4.69, 9.17) is 4.74 Å². The second-order valence-electron chi connectivity index (χ2n) is 10.2. The first kappa shape index (κ1) is 28.9. The number of nitrogens with one attached hydrogen (secondary N) is 3. The van der Waals surface area contributed by atoms with Crippen molar-refractivity contribution in [2.75, 3.05) is 36.8 Å². The van der Waals surface area contributed by atoms with Crippen LogP contribution in [0.5, 0.6) is 11.6 Å². The Balaban J connectivity index is 1.10. The average Bonchev–Trinajstić information content (AvgIpc) is 3.51. The van der Waals surface area contributed by atoms with E-state index in [1.165, 1.54) is 61.6 Å². The van der Waals surface area contributed by atoms with Gasteiger partial charge in [0, 0.05) is 37.0 Å². The minimum absolute atomic E-state index is 0.0109. The first-order chi connectivity index (χ1) is 20.3. The van der Waals surface area contributed by atoms with Crippen molar-refractivity contribution in [1.29, 1.82) is 0 Å². The molecule has 2 aliphatic rings. The van der Waals surface area contributed by atoms with Gasteiger partial charge in [-0.15, -0.1) is 0 Å². The highest BCUT2D eigenvalue weighted by molar-refractivity contribution is 6.01. The van der Waals surface area contributed by atoms with Gasteiger partial charge in [0.15, 0.2) is 11.6 Å². The van der Waals surface area contributed by atoms with Gasteiger partial charge in [-0.05, 0) is 68.6 Å². The molecule has 5 amide bonds. The molecule has 3 aromatic rings. The van der Waals surface area contributed by atoms with Crippen molar-refractivity contribution >= 4 is 29.5 Å². The topological polar surface area (TPSA) is 129 Å². The molecule has 42 heavy (non-hydrogen) atoms. The van der Waals surface area contributed by atoms with Gasteiger partial charge in [0.05, 0.1) is 6.42 Å². The highest BCUT2D eigenvalue weighted by atomic mass is 19.1. The van der Waals surface area contributed by atoms with Crippen LogP contribution in [-0.2, 0) is 11.2 Å². The molecule has 11 nitrogen and oxygen atoms in total. The predicted octanol–water partition coefficient (Wildman–Crippen LogP) is 4.53. The van der Waals surface area contributed by atoms with Gasteiger partial charge in [-0.1, -0.05) is 12.1 Å². The monoisotopic (exact) mass is 579 g/mol. The van der Waals surface area contributed by atoms with Gasteiger partial charge in [0.1, 0.15) is 18.0 Å². The Morgan fingerprint density at radius 3 is 2.36 bits per heavy atom. The lowest BCUT2D eigenvalue weighted by Gasteiger charge is -2.36. The van der Waals surface area contributed by atoms with Crippen LogP contribution in [0.2, 0.25) is 0 Å². The summed E-state index contributed by atoms with van der Waals surface area (Å²) in [4.78, 5) is 49.3. The SMILES string of the molecule is O=C(Cc1ccc(F)cc1)NC(=O)Nc1ccc(Oc2cc(NC(=O)N3CCC(N4CCCC4)CC3)ncn2)c(F)c1. The van der Waals surface area contributed by atoms with Crippen LogP contribution in [0.1, 0.15) is 31.2 Å². The highest BCUT2D eigenvalue weighted by Crippen LogP contribution is 2.27. The fourth-order valence-electron chi connectivity index (χ4n) is 5.09. The van der Waals surface area contributed by atoms with Gasteiger partial charge in [-0.2, -0.15) is 0 Å². The lowest BCUT2D eigenvalue weighted by atomic mass is 10.0. The number of carbonyl (C=O) groups excluding carboxylic acids is 3. The number of carbonyl (C=O) groups is 3. The number of ether oxygens (including phenoxy) is 1. The number of halogens is 2. The van der Waals surface area contributed by atoms with Crippen LogP contribution in [0.4, 0.5) is 29.9 Å². The maximum Gasteiger partial charge on any atom is 0.325 e. The van der Waals surface area contributed by atoms with Gasteiger partial charge in [-0.25, -0.2) is 28.3 Å². The molecule has 5 rings (SSSR count). The summed E-state index contributed by atoms with van der Waals surface area (Å²) in [5.74, 6) is -1.79. The smallest absolute Gasteiger partial charge is 0.325 e. The quantitative estimate of drug-likeness (QED) is 0.375. The number of amides is 5. The lowest BCUT2D eigenvalue weighted by molar-refractivity contribution is -0.119. The van der Waals surface area contributed by atoms with E-state index in [0.29, 0.717) is 24.7 Å². The third-order valence-electron chi connectivity index (χ3n) is 7.22. The van der Waals surface area contributed by atoms with E-state index >= 15 is 0 Å². The molecule has 2 aromatic carbocycles. The van der Waals surface area contributed by atoms with E-state index in [1.807, 2.05) is 0 Å². The van der Waals surface area contributed by atoms with Crippen molar-refractivity contribution in [2.45, 2.75) is 38.1 Å². The van der Waals surface area contributed by atoms with Crippen LogP contribution in [0.15, 0.2) is 54.9 Å². The van der Waals surface area contributed by atoms with E-state index in [2.05, 4.69) is 30.8 Å². The minimum Gasteiger partial charge on any atom is -0.436 e. The Labute approximate surface area is 241 Å². The third-order valence-corrected chi connectivity index (χ3v) is 7.22. The molecule has 0 bridgehead atoms. The summed E-state index contributed by atoms with van der Waals surface area (Å²) in [6.07, 6.45) is 5.42. The highest BCUT2D eigenvalue weighted by Gasteiger charge is 2.28. The fourth-order valence-corrected chi connectivity index (χ4v) is 5.09. The van der Waals surface area contributed by atoms with Crippen molar-refractivity contribution < 1.29 is 27.9 Å². The Kier molecular flexibility index (Phi) is 9.17. The summed E-state index contributed by atoms with van der Waals surface area (Å²) < 4.78 is 33.3. The van der Waals surface area contributed by atoms with E-state index in [-0.39, 0.29) is 35.6 Å². The standard InChI is InChI=1S/C29H31F2N7O4/c30-20-5-3-19(4-6-20)15-26(39)36-28(40)34-21-7-8-24(23(31)16-21)42-27-17-25(32-18-33-27)35-29(41)38-13-9-22(10-14-38)37-11-1-2-12-37/h3-8,16-18,22H,1-2,9-15H2,(H,32,33,35,41)(H2,34,36,39,40). The lowest BCUT2D eigenvalue weighted by Crippen LogP contribution is -2.47. The number of aromatic nitrogens is 2. The molecule has 2 saturated heterocycles. The Morgan fingerprint density at radius 1 is 0.905 bits per heavy atom. The van der Waals surface area contributed by atoms with Crippen LogP contribution < -0.4 is 20.7 Å². The molecule has 1 aromatic heterocycles. The molecule has 13 heteroatoms. The normalized spacial score (nSPS) is 15.7. The maximum absolute atomic E-state index is 14.7. The fraction of sp³-hybridized carbons (Fsp3) is 0.345. The van der Waals surface area contributed by atoms with Crippen LogP contribution in [-0.4, -0.2) is 70.0 Å². The van der Waals surface area contributed by atoms with Crippen LogP contribution in [0, 0.1) is 11.6 Å². The van der Waals surface area contributed by atoms with Crippen LogP contribution in [0.25, 0.3) is 0 Å². The number of rotatable bonds is 7. The Morgan fingerprint density at radius 2 is 1.64 bits per heavy atom. The molecule has 3 N–H and O–H groups in total. The van der Waals surface area contributed by atoms with E-state index in [0.717, 1.165) is 32.0 Å². The summed E-state index contributed by atoms with van der Waals surface area (Å²) in [5, 5.41) is 7.26. The van der Waals surface area contributed by atoms with Crippen molar-refractivity contribution in [3.63, 3.8) is 0 Å². The molecule has 220 valence electrons. The summed E-state index contributed by atoms with van der Waals surface area (Å²) >= 11 is 0. The number of nitrogens with zero attached hydrogens (tertiary/aromatic N) is 4. The van der Waals surface area contributed by atoms with E-state index < -0.39 is 23.6 Å². The summed E-state index contributed by atoms with van der Waals surface area (Å²) in [6, 6.07) is 9.80. The van der Waals surface area contributed by atoms with Gasteiger partial charge in [-0.3, -0.25) is 15.4 Å².